The summed E-state index contributed by atoms with van der Waals surface area (Å²) < 4.78 is 10.1. The van der Waals surface area contributed by atoms with E-state index in [-0.39, 0.29) is 0 Å². The lowest BCUT2D eigenvalue weighted by atomic mass is 10.2. The number of methoxy groups -OCH3 is 1. The Bertz CT molecular complexity index is 385. The summed E-state index contributed by atoms with van der Waals surface area (Å²) in [4.78, 5) is 15.0. The van der Waals surface area contributed by atoms with Gasteiger partial charge in [-0.25, -0.2) is 0 Å². The number of carbonyl (C=O) groups excluding carboxylic acids is 1. The fraction of sp³-hybridized carbons (Fsp3) is 0.200. The lowest BCUT2D eigenvalue weighted by molar-refractivity contribution is -0.131. The predicted octanol–water partition coefficient (Wildman–Crippen LogP) is 0.929. The molecule has 5 heteroatoms. The largest absolute Gasteiger partial charge is 0.497 e. The van der Waals surface area contributed by atoms with Gasteiger partial charge in [-0.15, -0.1) is 0 Å². The number of oxime groups is 1. The molecule has 0 N–H and O–H groups in total. The van der Waals surface area contributed by atoms with E-state index in [2.05, 4.69) is 5.16 Å². The number of rotatable bonds is 3. The quantitative estimate of drug-likeness (QED) is 0.692. The molecule has 0 bridgehead atoms. The molecule has 0 fully saturated rings. The maximum absolute atomic E-state index is 10.3. The Kier molecular flexibility index (Phi) is 2.53. The summed E-state index contributed by atoms with van der Waals surface area (Å²) in [5.74, 6) is 1.04. The van der Waals surface area contributed by atoms with Gasteiger partial charge in [0.15, 0.2) is 0 Å². The van der Waals surface area contributed by atoms with E-state index in [1.54, 1.807) is 31.4 Å². The second kappa shape index (κ2) is 4.00. The molecule has 0 amide bonds. The van der Waals surface area contributed by atoms with Gasteiger partial charge in [0.05, 0.1) is 7.11 Å². The molecule has 2 rings (SSSR count). The zero-order valence-corrected chi connectivity index (χ0v) is 8.04. The van der Waals surface area contributed by atoms with Crippen molar-refractivity contribution in [3.8, 4) is 5.75 Å². The fourth-order valence-corrected chi connectivity index (χ4v) is 1.16. The molecule has 0 aliphatic carbocycles. The van der Waals surface area contributed by atoms with Crippen molar-refractivity contribution in [2.75, 3.05) is 7.11 Å². The second-order valence-corrected chi connectivity index (χ2v) is 2.85. The van der Waals surface area contributed by atoms with Crippen LogP contribution in [0.5, 0.6) is 5.75 Å². The third kappa shape index (κ3) is 1.90. The molecule has 0 radical (unpaired) electrons. The van der Waals surface area contributed by atoms with E-state index in [1.165, 1.54) is 0 Å². The number of benzene rings is 1. The average molecular weight is 207 g/mol. The number of aldehydes is 1. The summed E-state index contributed by atoms with van der Waals surface area (Å²) in [5.41, 5.74) is 0.736. The van der Waals surface area contributed by atoms with Gasteiger partial charge < -0.3 is 14.3 Å². The van der Waals surface area contributed by atoms with Gasteiger partial charge in [0.2, 0.25) is 6.29 Å². The molecule has 1 unspecified atom stereocenters. The van der Waals surface area contributed by atoms with E-state index in [0.29, 0.717) is 12.2 Å². The summed E-state index contributed by atoms with van der Waals surface area (Å²) in [6.07, 6.45) is -0.387. The molecule has 0 saturated carbocycles. The van der Waals surface area contributed by atoms with Crippen LogP contribution < -0.4 is 4.74 Å². The van der Waals surface area contributed by atoms with Crippen molar-refractivity contribution in [1.82, 2.24) is 0 Å². The normalized spacial score (nSPS) is 18.7. The first-order valence-corrected chi connectivity index (χ1v) is 4.33. The zero-order valence-electron chi connectivity index (χ0n) is 8.04. The van der Waals surface area contributed by atoms with Crippen molar-refractivity contribution < 1.29 is 19.1 Å². The van der Waals surface area contributed by atoms with Crippen LogP contribution in [0.4, 0.5) is 0 Å². The van der Waals surface area contributed by atoms with E-state index in [9.17, 15) is 4.79 Å². The molecule has 0 spiro atoms. The molecule has 78 valence electrons. The van der Waals surface area contributed by atoms with Crippen LogP contribution >= 0.6 is 0 Å². The highest BCUT2D eigenvalue weighted by Gasteiger charge is 2.21. The minimum atomic E-state index is -0.929. The van der Waals surface area contributed by atoms with Gasteiger partial charge in [0.25, 0.3) is 5.90 Å². The Morgan fingerprint density at radius 1 is 1.40 bits per heavy atom. The fourth-order valence-electron chi connectivity index (χ4n) is 1.16. The first-order valence-electron chi connectivity index (χ1n) is 4.33. The monoisotopic (exact) mass is 207 g/mol. The van der Waals surface area contributed by atoms with Gasteiger partial charge in [0.1, 0.15) is 5.75 Å². The lowest BCUT2D eigenvalue weighted by Crippen LogP contribution is -2.13. The topological polar surface area (TPSA) is 57.1 Å². The van der Waals surface area contributed by atoms with Gasteiger partial charge in [0, 0.05) is 5.56 Å². The molecular formula is C10H9NO4. The van der Waals surface area contributed by atoms with Crippen molar-refractivity contribution in [2.24, 2.45) is 5.16 Å². The van der Waals surface area contributed by atoms with Gasteiger partial charge >= 0.3 is 6.29 Å². The molecule has 1 atom stereocenters. The maximum atomic E-state index is 10.3. The smallest absolute Gasteiger partial charge is 0.323 e. The van der Waals surface area contributed by atoms with Crippen LogP contribution in [-0.2, 0) is 14.4 Å². The standard InChI is InChI=1S/C10H9NO4/c1-13-8-4-2-7(3-5-8)10-11-15-9(6-12)14-10/h2-6,9H,1H3. The molecule has 1 aromatic carbocycles. The first-order chi connectivity index (χ1) is 7.33. The third-order valence-electron chi connectivity index (χ3n) is 1.92. The molecule has 0 aromatic heterocycles. The zero-order chi connectivity index (χ0) is 10.7. The molecular weight excluding hydrogens is 198 g/mol. The summed E-state index contributed by atoms with van der Waals surface area (Å²) in [6.45, 7) is 0. The van der Waals surface area contributed by atoms with Gasteiger partial charge in [-0.2, -0.15) is 0 Å². The Morgan fingerprint density at radius 3 is 2.67 bits per heavy atom. The molecule has 1 heterocycles. The van der Waals surface area contributed by atoms with Crippen molar-refractivity contribution in [1.29, 1.82) is 0 Å². The van der Waals surface area contributed by atoms with Gasteiger partial charge in [-0.05, 0) is 29.4 Å². The maximum Gasteiger partial charge on any atom is 0.323 e. The van der Waals surface area contributed by atoms with E-state index < -0.39 is 6.29 Å². The van der Waals surface area contributed by atoms with Crippen LogP contribution in [0.15, 0.2) is 29.4 Å². The van der Waals surface area contributed by atoms with Crippen molar-refractivity contribution >= 4 is 12.2 Å². The minimum Gasteiger partial charge on any atom is -0.497 e. The summed E-state index contributed by atoms with van der Waals surface area (Å²) in [5, 5.41) is 3.64. The number of nitrogens with zero attached hydrogens (tertiary/aromatic N) is 1. The van der Waals surface area contributed by atoms with Crippen LogP contribution in [0.25, 0.3) is 0 Å². The minimum absolute atomic E-state index is 0.301. The Morgan fingerprint density at radius 2 is 2.13 bits per heavy atom. The summed E-state index contributed by atoms with van der Waals surface area (Å²) in [6, 6.07) is 7.09. The van der Waals surface area contributed by atoms with Gasteiger partial charge in [-0.1, -0.05) is 0 Å². The van der Waals surface area contributed by atoms with Crippen LogP contribution in [-0.4, -0.2) is 25.6 Å². The second-order valence-electron chi connectivity index (χ2n) is 2.85. The lowest BCUT2D eigenvalue weighted by Gasteiger charge is -2.03. The first kappa shape index (κ1) is 9.51. The molecule has 0 saturated heterocycles. The van der Waals surface area contributed by atoms with E-state index in [1.807, 2.05) is 0 Å². The Labute approximate surface area is 86.2 Å². The number of hydrogen-bond acceptors (Lipinski definition) is 5. The van der Waals surface area contributed by atoms with Crippen molar-refractivity contribution in [3.63, 3.8) is 0 Å². The Hall–Kier alpha value is -2.04. The molecule has 1 aliphatic rings. The van der Waals surface area contributed by atoms with Crippen LogP contribution in [0.1, 0.15) is 5.56 Å². The van der Waals surface area contributed by atoms with Crippen LogP contribution in [0.3, 0.4) is 0 Å². The highest BCUT2D eigenvalue weighted by Crippen LogP contribution is 2.16. The molecule has 15 heavy (non-hydrogen) atoms. The Balaban J connectivity index is 2.14. The van der Waals surface area contributed by atoms with E-state index in [4.69, 9.17) is 14.3 Å². The van der Waals surface area contributed by atoms with E-state index >= 15 is 0 Å². The van der Waals surface area contributed by atoms with Gasteiger partial charge in [-0.3, -0.25) is 4.79 Å². The highest BCUT2D eigenvalue weighted by atomic mass is 16.8. The summed E-state index contributed by atoms with van der Waals surface area (Å²) >= 11 is 0. The van der Waals surface area contributed by atoms with Crippen molar-refractivity contribution in [2.45, 2.75) is 6.29 Å². The number of ether oxygens (including phenoxy) is 2. The SMILES string of the molecule is COc1ccc(C2=NOC(C=O)O2)cc1. The predicted molar refractivity (Wildman–Crippen MR) is 51.6 cm³/mol. The molecule has 5 nitrogen and oxygen atoms in total. The molecule has 1 aromatic rings. The van der Waals surface area contributed by atoms with Crippen LogP contribution in [0.2, 0.25) is 0 Å². The average Bonchev–Trinajstić information content (AvgIpc) is 2.78. The number of hydrogen-bond donors (Lipinski definition) is 0. The van der Waals surface area contributed by atoms with E-state index in [0.717, 1.165) is 11.3 Å². The molecule has 1 aliphatic heterocycles. The van der Waals surface area contributed by atoms with Crippen molar-refractivity contribution in [3.05, 3.63) is 29.8 Å². The summed E-state index contributed by atoms with van der Waals surface area (Å²) in [7, 11) is 1.59. The highest BCUT2D eigenvalue weighted by molar-refractivity contribution is 5.95. The van der Waals surface area contributed by atoms with Crippen LogP contribution in [0, 0.1) is 0 Å². The third-order valence-corrected chi connectivity index (χ3v) is 1.92. The number of carbonyl (C=O) groups is 1.